The number of hydrogen-bond donors (Lipinski definition) is 1. The van der Waals surface area contributed by atoms with Crippen molar-refractivity contribution in [3.8, 4) is 16.9 Å². The fourth-order valence-corrected chi connectivity index (χ4v) is 4.70. The van der Waals surface area contributed by atoms with Crippen molar-refractivity contribution in [3.63, 3.8) is 0 Å². The number of rotatable bonds is 6. The molecular weight excluding hydrogens is 394 g/mol. The van der Waals surface area contributed by atoms with Gasteiger partial charge in [-0.15, -0.1) is 10.2 Å². The van der Waals surface area contributed by atoms with Crippen molar-refractivity contribution in [3.05, 3.63) is 57.1 Å². The average molecular weight is 414 g/mol. The summed E-state index contributed by atoms with van der Waals surface area (Å²) in [5, 5.41) is 12.3. The summed E-state index contributed by atoms with van der Waals surface area (Å²) in [6.07, 6.45) is 0.762. The number of methoxy groups -OCH3 is 1. The molecule has 0 fully saturated rings. The van der Waals surface area contributed by atoms with Gasteiger partial charge >= 0.3 is 0 Å². The number of hydrogen-bond acceptors (Lipinski definition) is 7. The first kappa shape index (κ1) is 18.7. The Morgan fingerprint density at radius 3 is 2.68 bits per heavy atom. The molecule has 0 unspecified atom stereocenters. The van der Waals surface area contributed by atoms with E-state index in [4.69, 9.17) is 9.72 Å². The van der Waals surface area contributed by atoms with E-state index >= 15 is 0 Å². The molecule has 4 rings (SSSR count). The molecule has 0 aliphatic carbocycles. The standard InChI is InChI=1S/C19H19N5O2S2/c1-4-15-17(12-5-7-14(26-3)8-6-12)18-20-13(9-16(25)24(18)23-15)10-27-19-22-21-11(2)28-19/h5-9,23H,4,10H2,1-3H3. The van der Waals surface area contributed by atoms with E-state index in [1.807, 2.05) is 31.2 Å². The zero-order valence-electron chi connectivity index (χ0n) is 15.7. The van der Waals surface area contributed by atoms with Gasteiger partial charge < -0.3 is 4.74 Å². The molecule has 0 aliphatic heterocycles. The van der Waals surface area contributed by atoms with Crippen LogP contribution in [0.25, 0.3) is 16.8 Å². The van der Waals surface area contributed by atoms with E-state index in [1.165, 1.54) is 27.6 Å². The van der Waals surface area contributed by atoms with E-state index in [9.17, 15) is 4.79 Å². The molecule has 1 aromatic carbocycles. The van der Waals surface area contributed by atoms with Crippen molar-refractivity contribution in [2.45, 2.75) is 30.4 Å². The molecule has 0 bridgehead atoms. The average Bonchev–Trinajstić information content (AvgIpc) is 3.30. The van der Waals surface area contributed by atoms with Gasteiger partial charge in [-0.25, -0.2) is 9.50 Å². The second-order valence-corrected chi connectivity index (χ2v) is 8.57. The molecule has 0 spiro atoms. The highest BCUT2D eigenvalue weighted by Crippen LogP contribution is 2.30. The summed E-state index contributed by atoms with van der Waals surface area (Å²) in [6, 6.07) is 9.36. The molecular formula is C19H19N5O2S2. The number of fused-ring (bicyclic) bond motifs is 1. The smallest absolute Gasteiger partial charge is 0.272 e. The largest absolute Gasteiger partial charge is 0.497 e. The molecule has 3 aromatic heterocycles. The fourth-order valence-electron chi connectivity index (χ4n) is 2.99. The van der Waals surface area contributed by atoms with Gasteiger partial charge in [0.2, 0.25) is 0 Å². The number of aryl methyl sites for hydroxylation is 2. The molecule has 144 valence electrons. The maximum Gasteiger partial charge on any atom is 0.272 e. The molecule has 0 amide bonds. The summed E-state index contributed by atoms with van der Waals surface area (Å²) < 4.78 is 7.64. The summed E-state index contributed by atoms with van der Waals surface area (Å²) in [4.78, 5) is 17.4. The number of nitrogens with one attached hydrogen (secondary N) is 1. The van der Waals surface area contributed by atoms with E-state index < -0.39 is 0 Å². The number of aromatic nitrogens is 5. The Balaban J connectivity index is 1.77. The first-order valence-electron chi connectivity index (χ1n) is 8.80. The van der Waals surface area contributed by atoms with E-state index in [0.29, 0.717) is 11.4 Å². The number of nitrogens with zero attached hydrogens (tertiary/aromatic N) is 4. The van der Waals surface area contributed by atoms with Crippen LogP contribution in [0.5, 0.6) is 5.75 Å². The topological polar surface area (TPSA) is 85.2 Å². The number of thioether (sulfide) groups is 1. The Labute approximate surface area is 169 Å². The van der Waals surface area contributed by atoms with Crippen LogP contribution in [0.3, 0.4) is 0 Å². The van der Waals surface area contributed by atoms with Crippen molar-refractivity contribution in [1.82, 2.24) is 24.8 Å². The van der Waals surface area contributed by atoms with Crippen LogP contribution >= 0.6 is 23.1 Å². The van der Waals surface area contributed by atoms with Gasteiger partial charge in [0.15, 0.2) is 9.99 Å². The summed E-state index contributed by atoms with van der Waals surface area (Å²) >= 11 is 3.08. The third-order valence-corrected chi connectivity index (χ3v) is 6.33. The fraction of sp³-hybridized carbons (Fsp3) is 0.263. The van der Waals surface area contributed by atoms with E-state index in [2.05, 4.69) is 22.2 Å². The van der Waals surface area contributed by atoms with Gasteiger partial charge in [-0.1, -0.05) is 42.2 Å². The molecule has 0 atom stereocenters. The highest BCUT2D eigenvalue weighted by molar-refractivity contribution is 8.00. The molecule has 9 heteroatoms. The summed E-state index contributed by atoms with van der Waals surface area (Å²) in [6.45, 7) is 3.98. The monoisotopic (exact) mass is 413 g/mol. The minimum absolute atomic E-state index is 0.122. The van der Waals surface area contributed by atoms with E-state index in [0.717, 1.165) is 44.0 Å². The predicted octanol–water partition coefficient (Wildman–Crippen LogP) is 3.71. The predicted molar refractivity (Wildman–Crippen MR) is 111 cm³/mol. The van der Waals surface area contributed by atoms with Crippen molar-refractivity contribution in [2.75, 3.05) is 7.11 Å². The molecule has 3 heterocycles. The Morgan fingerprint density at radius 2 is 2.04 bits per heavy atom. The quantitative estimate of drug-likeness (QED) is 0.485. The Bertz CT molecular complexity index is 1180. The molecule has 28 heavy (non-hydrogen) atoms. The molecule has 0 radical (unpaired) electrons. The van der Waals surface area contributed by atoms with Crippen LogP contribution in [0.2, 0.25) is 0 Å². The van der Waals surface area contributed by atoms with Crippen LogP contribution in [-0.4, -0.2) is 31.9 Å². The van der Waals surface area contributed by atoms with Crippen molar-refractivity contribution in [1.29, 1.82) is 0 Å². The number of benzene rings is 1. The van der Waals surface area contributed by atoms with Crippen LogP contribution in [0.15, 0.2) is 39.5 Å². The van der Waals surface area contributed by atoms with Gasteiger partial charge in [-0.3, -0.25) is 9.89 Å². The highest BCUT2D eigenvalue weighted by atomic mass is 32.2. The van der Waals surface area contributed by atoms with Gasteiger partial charge in [0, 0.05) is 23.1 Å². The highest BCUT2D eigenvalue weighted by Gasteiger charge is 2.16. The van der Waals surface area contributed by atoms with E-state index in [1.54, 1.807) is 13.2 Å². The Kier molecular flexibility index (Phi) is 5.19. The van der Waals surface area contributed by atoms with E-state index in [-0.39, 0.29) is 5.56 Å². The number of ether oxygens (including phenoxy) is 1. The van der Waals surface area contributed by atoms with Crippen molar-refractivity contribution in [2.24, 2.45) is 0 Å². The maximum atomic E-state index is 12.7. The van der Waals surface area contributed by atoms with Crippen LogP contribution < -0.4 is 10.3 Å². The second kappa shape index (κ2) is 7.76. The SMILES string of the molecule is CCc1[nH]n2c(=O)cc(CSc3nnc(C)s3)nc2c1-c1ccc(OC)cc1. The lowest BCUT2D eigenvalue weighted by molar-refractivity contribution is 0.415. The number of H-pyrrole nitrogens is 1. The van der Waals surface area contributed by atoms with Gasteiger partial charge in [0.1, 0.15) is 10.8 Å². The van der Waals surface area contributed by atoms with Crippen molar-refractivity contribution < 1.29 is 4.74 Å². The third-order valence-electron chi connectivity index (χ3n) is 4.33. The second-order valence-electron chi connectivity index (χ2n) is 6.17. The summed E-state index contributed by atoms with van der Waals surface area (Å²) in [7, 11) is 1.64. The normalized spacial score (nSPS) is 11.2. The van der Waals surface area contributed by atoms with Crippen LogP contribution in [-0.2, 0) is 12.2 Å². The zero-order chi connectivity index (χ0) is 19.7. The first-order valence-corrected chi connectivity index (χ1v) is 10.6. The van der Waals surface area contributed by atoms with Crippen LogP contribution in [0.1, 0.15) is 23.3 Å². The first-order chi connectivity index (χ1) is 13.6. The minimum Gasteiger partial charge on any atom is -0.497 e. The minimum atomic E-state index is -0.122. The summed E-state index contributed by atoms with van der Waals surface area (Å²) in [5.74, 6) is 1.35. The lowest BCUT2D eigenvalue weighted by Gasteiger charge is -2.05. The molecule has 0 aliphatic rings. The molecule has 4 aromatic rings. The molecule has 7 nitrogen and oxygen atoms in total. The van der Waals surface area contributed by atoms with Gasteiger partial charge in [-0.05, 0) is 31.0 Å². The molecule has 0 saturated carbocycles. The molecule has 1 N–H and O–H groups in total. The summed E-state index contributed by atoms with van der Waals surface area (Å²) in [5.41, 5.74) is 4.15. The van der Waals surface area contributed by atoms with Gasteiger partial charge in [0.05, 0.1) is 12.8 Å². The zero-order valence-corrected chi connectivity index (χ0v) is 17.4. The maximum absolute atomic E-state index is 12.7. The Hall–Kier alpha value is -2.65. The lowest BCUT2D eigenvalue weighted by atomic mass is 10.0. The van der Waals surface area contributed by atoms with Crippen molar-refractivity contribution >= 4 is 28.7 Å². The number of aromatic amines is 1. The van der Waals surface area contributed by atoms with Crippen LogP contribution in [0, 0.1) is 6.92 Å². The Morgan fingerprint density at radius 1 is 1.25 bits per heavy atom. The lowest BCUT2D eigenvalue weighted by Crippen LogP contribution is -2.15. The van der Waals surface area contributed by atoms with Gasteiger partial charge in [-0.2, -0.15) is 0 Å². The third kappa shape index (κ3) is 3.55. The van der Waals surface area contributed by atoms with Gasteiger partial charge in [0.25, 0.3) is 5.56 Å². The van der Waals surface area contributed by atoms with Crippen LogP contribution in [0.4, 0.5) is 0 Å². The molecule has 0 saturated heterocycles.